The fraction of sp³-hybridized carbons (Fsp3) is 0.407. The lowest BCUT2D eigenvalue weighted by molar-refractivity contribution is -0.146. The molecule has 4 amide bonds. The van der Waals surface area contributed by atoms with Gasteiger partial charge < -0.3 is 76.4 Å². The molecule has 4 fully saturated rings. The van der Waals surface area contributed by atoms with Gasteiger partial charge >= 0.3 is 23.9 Å². The van der Waals surface area contributed by atoms with Crippen molar-refractivity contribution >= 4 is 93.9 Å². The number of rotatable bonds is 28. The first-order chi connectivity index (χ1) is 65.5. The minimum Gasteiger partial charge on any atom is -0.496 e. The third-order valence-corrected chi connectivity index (χ3v) is 27.4. The first-order valence-corrected chi connectivity index (χ1v) is 47.9. The second kappa shape index (κ2) is 48.1. The Bertz CT molecular complexity index is 4990. The van der Waals surface area contributed by atoms with E-state index in [2.05, 4.69) is 0 Å². The summed E-state index contributed by atoms with van der Waals surface area (Å²) in [6, 6.07) is 58.9. The summed E-state index contributed by atoms with van der Waals surface area (Å²) in [5.41, 5.74) is 10.9. The Hall–Kier alpha value is -11.3. The van der Waals surface area contributed by atoms with Crippen LogP contribution in [0.5, 0.6) is 23.0 Å². The number of carbonyl (C=O) groups excluding carboxylic acids is 8. The molecular formula is C108H120Cl4N4O20. The van der Waals surface area contributed by atoms with Gasteiger partial charge in [0, 0.05) is 141 Å². The van der Waals surface area contributed by atoms with Crippen molar-refractivity contribution in [2.24, 2.45) is 0 Å². The number of ether oxygens (including phenoxy) is 12. The van der Waals surface area contributed by atoms with Gasteiger partial charge in [-0.1, -0.05) is 168 Å². The van der Waals surface area contributed by atoms with Crippen molar-refractivity contribution in [3.05, 3.63) is 304 Å². The van der Waals surface area contributed by atoms with Crippen LogP contribution in [0.1, 0.15) is 225 Å². The molecule has 24 nitrogen and oxygen atoms in total. The Kier molecular flexibility index (Phi) is 36.1. The van der Waals surface area contributed by atoms with Crippen molar-refractivity contribution in [2.75, 3.05) is 81.0 Å². The third kappa shape index (κ3) is 25.2. The predicted molar refractivity (Wildman–Crippen MR) is 519 cm³/mol. The number of halogens is 4. The molecule has 8 heterocycles. The number of nitrogens with zero attached hydrogens (tertiary/aromatic N) is 4. The van der Waals surface area contributed by atoms with E-state index in [1.807, 2.05) is 201 Å². The number of allylic oxidation sites excluding steroid dienone is 4. The van der Waals surface area contributed by atoms with E-state index in [9.17, 15) is 38.4 Å². The maximum atomic E-state index is 13.6. The first-order valence-electron chi connectivity index (χ1n) is 46.4. The largest absolute Gasteiger partial charge is 0.496 e. The van der Waals surface area contributed by atoms with Gasteiger partial charge in [-0.05, 0) is 202 Å². The minimum absolute atomic E-state index is 0.0178. The first kappa shape index (κ1) is 102. The summed E-state index contributed by atoms with van der Waals surface area (Å²) in [5, 5.41) is 2.39. The molecule has 8 aliphatic rings. The number of amides is 4. The van der Waals surface area contributed by atoms with Gasteiger partial charge in [0.25, 0.3) is 0 Å². The Morgan fingerprint density at radius 2 is 0.485 bits per heavy atom. The van der Waals surface area contributed by atoms with Gasteiger partial charge in [-0.15, -0.1) is 0 Å². The molecule has 0 spiro atoms. The summed E-state index contributed by atoms with van der Waals surface area (Å²) in [6.07, 6.45) is 6.07. The zero-order chi connectivity index (χ0) is 97.0. The van der Waals surface area contributed by atoms with Gasteiger partial charge in [-0.2, -0.15) is 0 Å². The summed E-state index contributed by atoms with van der Waals surface area (Å²) < 4.78 is 68.6. The minimum atomic E-state index is -0.529. The summed E-state index contributed by atoms with van der Waals surface area (Å²) in [6.45, 7) is 19.1. The lowest BCUT2D eigenvalue weighted by Crippen LogP contribution is -2.42. The number of hydrogen-bond donors (Lipinski definition) is 0. The van der Waals surface area contributed by atoms with Crippen molar-refractivity contribution in [3.8, 4) is 23.0 Å². The zero-order valence-corrected chi connectivity index (χ0v) is 82.0. The van der Waals surface area contributed by atoms with E-state index in [-0.39, 0.29) is 73.7 Å². The molecule has 0 radical (unpaired) electrons. The van der Waals surface area contributed by atoms with Gasteiger partial charge in [-0.3, -0.25) is 19.2 Å². The van der Waals surface area contributed by atoms with Crippen LogP contribution in [-0.4, -0.2) is 173 Å². The topological polar surface area (TPSA) is 260 Å². The molecule has 4 saturated heterocycles. The fourth-order valence-corrected chi connectivity index (χ4v) is 19.6. The molecule has 12 atom stereocenters. The van der Waals surface area contributed by atoms with E-state index < -0.39 is 72.0 Å². The van der Waals surface area contributed by atoms with Crippen LogP contribution in [0.2, 0.25) is 20.1 Å². The summed E-state index contributed by atoms with van der Waals surface area (Å²) in [4.78, 5) is 114. The van der Waals surface area contributed by atoms with E-state index >= 15 is 0 Å². The highest BCUT2D eigenvalue weighted by Gasteiger charge is 2.45. The lowest BCUT2D eigenvalue weighted by atomic mass is 9.83. The van der Waals surface area contributed by atoms with E-state index in [4.69, 9.17) is 103 Å². The quantitative estimate of drug-likeness (QED) is 0.0326. The van der Waals surface area contributed by atoms with Crippen LogP contribution >= 0.6 is 46.4 Å². The molecule has 720 valence electrons. The van der Waals surface area contributed by atoms with Gasteiger partial charge in [-0.25, -0.2) is 19.2 Å². The van der Waals surface area contributed by atoms with Crippen LogP contribution < -0.4 is 18.9 Å². The zero-order valence-electron chi connectivity index (χ0n) is 79.0. The molecule has 16 rings (SSSR count). The number of methoxy groups -OCH3 is 4. The van der Waals surface area contributed by atoms with Crippen LogP contribution in [0.15, 0.2) is 239 Å². The van der Waals surface area contributed by atoms with E-state index in [0.29, 0.717) is 141 Å². The SMILES string of the molecule is COc1ccccc1[C@@H](C)OC(=O)C1=C(C)N(C[C@@H]2CCCO2)C(=O)C[C@@H]1c1ccc(Cl)cc1.COc1ccccc1[C@H](C)OC(=O)C1=C(C)N(C[C@@H]2CCCO2)C(=O)C[C@@H]1c1ccc(Cl)cc1.COc1ccccc1[C@H](C)OC(=O)C1=C(C)N(C[C@H]2CCCO2)C(=O)CC1c1ccc(Cl)cc1.COc1ccccc1[C@H](C)OC(=O)C1=C(C)N(C[C@H]2CCCO2)C(=O)CC1c1ccc(Cl)cc1. The fourth-order valence-electron chi connectivity index (χ4n) is 19.0. The Morgan fingerprint density at radius 3 is 0.654 bits per heavy atom. The highest BCUT2D eigenvalue weighted by Crippen LogP contribution is 2.46. The molecular weight excluding hydrogens is 1820 g/mol. The lowest BCUT2D eigenvalue weighted by Gasteiger charge is -2.36. The normalized spacial score (nSPS) is 21.5. The number of para-hydroxylation sites is 4. The predicted octanol–water partition coefficient (Wildman–Crippen LogP) is 21.7. The summed E-state index contributed by atoms with van der Waals surface area (Å²) in [5.74, 6) is -0.917. The van der Waals surface area contributed by atoms with Crippen LogP contribution in [0.3, 0.4) is 0 Å². The smallest absolute Gasteiger partial charge is 0.337 e. The molecule has 8 aliphatic heterocycles. The van der Waals surface area contributed by atoms with Crippen LogP contribution in [-0.2, 0) is 76.3 Å². The van der Waals surface area contributed by atoms with Crippen molar-refractivity contribution in [1.82, 2.24) is 19.6 Å². The second-order valence-electron chi connectivity index (χ2n) is 34.9. The highest BCUT2D eigenvalue weighted by atomic mass is 35.5. The van der Waals surface area contributed by atoms with Crippen molar-refractivity contribution in [2.45, 2.75) is 205 Å². The third-order valence-electron chi connectivity index (χ3n) is 26.3. The molecule has 0 aromatic heterocycles. The maximum absolute atomic E-state index is 13.6. The Labute approximate surface area is 816 Å². The molecule has 136 heavy (non-hydrogen) atoms. The monoisotopic (exact) mass is 1930 g/mol. The molecule has 0 bridgehead atoms. The Balaban J connectivity index is 0.000000153. The molecule has 0 aliphatic carbocycles. The van der Waals surface area contributed by atoms with Crippen molar-refractivity contribution in [1.29, 1.82) is 0 Å². The molecule has 8 aromatic carbocycles. The Morgan fingerprint density at radius 1 is 0.301 bits per heavy atom. The van der Waals surface area contributed by atoms with Gasteiger partial charge in [0.2, 0.25) is 23.6 Å². The van der Waals surface area contributed by atoms with Crippen molar-refractivity contribution in [3.63, 3.8) is 0 Å². The maximum Gasteiger partial charge on any atom is 0.337 e. The van der Waals surface area contributed by atoms with Gasteiger partial charge in [0.05, 0.1) is 101 Å². The molecule has 2 unspecified atom stereocenters. The number of benzene rings is 8. The van der Waals surface area contributed by atoms with Crippen LogP contribution in [0.4, 0.5) is 0 Å². The van der Waals surface area contributed by atoms with Crippen molar-refractivity contribution < 1.29 is 95.2 Å². The van der Waals surface area contributed by atoms with E-state index in [0.717, 1.165) is 95.9 Å². The number of carbonyl (C=O) groups is 8. The number of esters is 4. The van der Waals surface area contributed by atoms with Gasteiger partial charge in [0.1, 0.15) is 47.4 Å². The average Bonchev–Trinajstić information content (AvgIpc) is 0.969. The number of hydrogen-bond acceptors (Lipinski definition) is 20. The van der Waals surface area contributed by atoms with Crippen LogP contribution in [0, 0.1) is 0 Å². The summed E-state index contributed by atoms with van der Waals surface area (Å²) in [7, 11) is 6.36. The van der Waals surface area contributed by atoms with Gasteiger partial charge in [0.15, 0.2) is 0 Å². The summed E-state index contributed by atoms with van der Waals surface area (Å²) >= 11 is 24.3. The molecule has 28 heteroatoms. The highest BCUT2D eigenvalue weighted by molar-refractivity contribution is 6.31. The standard InChI is InChI=1S/4C27H30ClNO5/c4*1-17-26(27(31)34-18(2)22-8-4-5-9-24(22)32-3)23(19-10-12-20(28)13-11-19)15-25(30)29(17)16-21-7-6-14-33-21/h4*4-5,8-13,18,21,23H,6-7,14-16H2,1-3H3/t2*18-,21+,23?;18-,21+,23-;18-,21-,23+/m0010/s1. The average molecular weight is 1940 g/mol. The van der Waals surface area contributed by atoms with E-state index in [1.54, 1.807) is 96.6 Å². The van der Waals surface area contributed by atoms with Crippen LogP contribution in [0.25, 0.3) is 0 Å². The second-order valence-corrected chi connectivity index (χ2v) is 36.7. The molecule has 8 aromatic rings. The molecule has 0 saturated carbocycles. The van der Waals surface area contributed by atoms with E-state index in [1.165, 1.54) is 0 Å². The molecule has 0 N–H and O–H groups in total.